The fraction of sp³-hybridized carbons (Fsp3) is 0.350. The van der Waals surface area contributed by atoms with Crippen LogP contribution >= 0.6 is 23.1 Å². The maximum absolute atomic E-state index is 12.5. The minimum absolute atomic E-state index is 0.106. The molecule has 3 aromatic rings. The number of rotatable bonds is 8. The van der Waals surface area contributed by atoms with Gasteiger partial charge in [-0.05, 0) is 39.3 Å². The highest BCUT2D eigenvalue weighted by atomic mass is 32.2. The summed E-state index contributed by atoms with van der Waals surface area (Å²) < 4.78 is 1.86. The Balaban J connectivity index is 1.63. The van der Waals surface area contributed by atoms with Crippen LogP contribution in [0.15, 0.2) is 34.8 Å². The first kappa shape index (κ1) is 22.0. The van der Waals surface area contributed by atoms with Crippen LogP contribution in [0.5, 0.6) is 0 Å². The first-order chi connectivity index (χ1) is 14.4. The van der Waals surface area contributed by atoms with Gasteiger partial charge in [0.2, 0.25) is 11.8 Å². The zero-order chi connectivity index (χ0) is 21.7. The molecule has 0 radical (unpaired) electrons. The lowest BCUT2D eigenvalue weighted by Crippen LogP contribution is -2.23. The Morgan fingerprint density at radius 3 is 2.63 bits per heavy atom. The summed E-state index contributed by atoms with van der Waals surface area (Å²) in [5.41, 5.74) is 2.65. The molecule has 158 valence electrons. The van der Waals surface area contributed by atoms with Crippen LogP contribution in [0.4, 0.5) is 10.8 Å². The summed E-state index contributed by atoms with van der Waals surface area (Å²) in [5, 5.41) is 16.8. The van der Waals surface area contributed by atoms with Crippen molar-refractivity contribution in [1.29, 1.82) is 0 Å². The first-order valence-electron chi connectivity index (χ1n) is 9.54. The van der Waals surface area contributed by atoms with E-state index < -0.39 is 5.25 Å². The van der Waals surface area contributed by atoms with Crippen LogP contribution in [-0.4, -0.2) is 36.8 Å². The number of thioether (sulfide) groups is 1. The number of nitrogens with one attached hydrogen (secondary N) is 2. The monoisotopic (exact) mass is 444 g/mol. The zero-order valence-corrected chi connectivity index (χ0v) is 18.9. The van der Waals surface area contributed by atoms with E-state index in [-0.39, 0.29) is 18.2 Å². The van der Waals surface area contributed by atoms with Gasteiger partial charge in [-0.1, -0.05) is 30.0 Å². The van der Waals surface area contributed by atoms with Crippen LogP contribution in [0.1, 0.15) is 30.9 Å². The highest BCUT2D eigenvalue weighted by Gasteiger charge is 2.21. The summed E-state index contributed by atoms with van der Waals surface area (Å²) in [6.45, 7) is 8.19. The normalized spacial score (nSPS) is 11.9. The fourth-order valence-corrected chi connectivity index (χ4v) is 4.36. The summed E-state index contributed by atoms with van der Waals surface area (Å²) in [6, 6.07) is 7.61. The van der Waals surface area contributed by atoms with Crippen molar-refractivity contribution < 1.29 is 9.59 Å². The Hall–Kier alpha value is -2.72. The quantitative estimate of drug-likeness (QED) is 0.514. The summed E-state index contributed by atoms with van der Waals surface area (Å²) in [7, 11) is 0. The second-order valence-electron chi connectivity index (χ2n) is 6.73. The van der Waals surface area contributed by atoms with E-state index >= 15 is 0 Å². The summed E-state index contributed by atoms with van der Waals surface area (Å²) in [6.07, 6.45) is 0.106. The highest BCUT2D eigenvalue weighted by molar-refractivity contribution is 8.00. The van der Waals surface area contributed by atoms with Gasteiger partial charge in [-0.3, -0.25) is 9.59 Å². The van der Waals surface area contributed by atoms with Crippen molar-refractivity contribution in [3.8, 4) is 0 Å². The average Bonchev–Trinajstić information content (AvgIpc) is 3.28. The third-order valence-electron chi connectivity index (χ3n) is 4.35. The number of aryl methyl sites for hydroxylation is 2. The van der Waals surface area contributed by atoms with Gasteiger partial charge >= 0.3 is 0 Å². The lowest BCUT2D eigenvalue weighted by molar-refractivity contribution is -0.116. The van der Waals surface area contributed by atoms with Crippen LogP contribution < -0.4 is 10.6 Å². The zero-order valence-electron chi connectivity index (χ0n) is 17.3. The molecule has 0 bridgehead atoms. The molecule has 2 N–H and O–H groups in total. The Labute approximate surface area is 183 Å². The fourth-order valence-electron chi connectivity index (χ4n) is 2.74. The number of carbonyl (C=O) groups is 2. The standard InChI is InChI=1S/C20H24N6O2S2/c1-5-26-16(10-17(27)22-15-9-7-6-8-12(15)2)24-25-20(26)30-14(4)18(28)23-19-21-13(3)11-29-19/h6-9,11,14H,5,10H2,1-4H3,(H,22,27)(H,21,23,28)/t14-/m0/s1. The van der Waals surface area contributed by atoms with Crippen LogP contribution in [0.2, 0.25) is 0 Å². The largest absolute Gasteiger partial charge is 0.325 e. The van der Waals surface area contributed by atoms with E-state index in [0.29, 0.717) is 22.7 Å². The molecule has 0 aliphatic rings. The Kier molecular flexibility index (Phi) is 7.22. The minimum atomic E-state index is -0.391. The predicted octanol–water partition coefficient (Wildman–Crippen LogP) is 3.67. The van der Waals surface area contributed by atoms with E-state index in [2.05, 4.69) is 25.8 Å². The number of thiazole rings is 1. The van der Waals surface area contributed by atoms with E-state index in [1.165, 1.54) is 23.1 Å². The van der Waals surface area contributed by atoms with E-state index in [0.717, 1.165) is 16.9 Å². The molecule has 0 aliphatic carbocycles. The van der Waals surface area contributed by atoms with Gasteiger partial charge in [0.05, 0.1) is 17.4 Å². The predicted molar refractivity (Wildman–Crippen MR) is 120 cm³/mol. The number of benzene rings is 1. The molecular weight excluding hydrogens is 420 g/mol. The van der Waals surface area contributed by atoms with Gasteiger partial charge in [-0.15, -0.1) is 21.5 Å². The average molecular weight is 445 g/mol. The Morgan fingerprint density at radius 2 is 1.97 bits per heavy atom. The highest BCUT2D eigenvalue weighted by Crippen LogP contribution is 2.24. The van der Waals surface area contributed by atoms with Crippen LogP contribution in [0.3, 0.4) is 0 Å². The van der Waals surface area contributed by atoms with Crippen LogP contribution in [0, 0.1) is 13.8 Å². The molecule has 0 saturated heterocycles. The molecule has 2 aromatic heterocycles. The van der Waals surface area contributed by atoms with E-state index in [4.69, 9.17) is 0 Å². The lowest BCUT2D eigenvalue weighted by Gasteiger charge is -2.12. The third kappa shape index (κ3) is 5.45. The van der Waals surface area contributed by atoms with Gasteiger partial charge in [0.1, 0.15) is 5.82 Å². The maximum atomic E-state index is 12.5. The molecule has 30 heavy (non-hydrogen) atoms. The summed E-state index contributed by atoms with van der Waals surface area (Å²) >= 11 is 2.70. The molecule has 1 aromatic carbocycles. The molecule has 8 nitrogen and oxygen atoms in total. The molecule has 0 spiro atoms. The van der Waals surface area contributed by atoms with Gasteiger partial charge in [-0.25, -0.2) is 4.98 Å². The SMILES string of the molecule is CCn1c(CC(=O)Nc2ccccc2C)nnc1S[C@@H](C)C(=O)Nc1nc(C)cs1. The molecule has 2 heterocycles. The summed E-state index contributed by atoms with van der Waals surface area (Å²) in [4.78, 5) is 29.2. The second-order valence-corrected chi connectivity index (χ2v) is 8.89. The number of nitrogens with zero attached hydrogens (tertiary/aromatic N) is 4. The van der Waals surface area contributed by atoms with E-state index in [9.17, 15) is 9.59 Å². The Morgan fingerprint density at radius 1 is 1.20 bits per heavy atom. The Bertz CT molecular complexity index is 1050. The number of carbonyl (C=O) groups excluding carboxylic acids is 2. The maximum Gasteiger partial charge on any atom is 0.239 e. The molecule has 1 atom stereocenters. The summed E-state index contributed by atoms with van der Waals surface area (Å²) in [5.74, 6) is 0.251. The van der Waals surface area contributed by atoms with Crippen LogP contribution in [-0.2, 0) is 22.6 Å². The van der Waals surface area contributed by atoms with Crippen molar-refractivity contribution in [2.75, 3.05) is 10.6 Å². The molecular formula is C20H24N6O2S2. The van der Waals surface area contributed by atoms with Crippen molar-refractivity contribution >= 4 is 45.7 Å². The van der Waals surface area contributed by atoms with Crippen LogP contribution in [0.25, 0.3) is 0 Å². The molecule has 3 rings (SSSR count). The number of hydrogen-bond donors (Lipinski definition) is 2. The van der Waals surface area contributed by atoms with Gasteiger partial charge in [0.25, 0.3) is 0 Å². The molecule has 10 heteroatoms. The van der Waals surface area contributed by atoms with Crippen molar-refractivity contribution in [1.82, 2.24) is 19.7 Å². The third-order valence-corrected chi connectivity index (χ3v) is 6.30. The lowest BCUT2D eigenvalue weighted by atomic mass is 10.2. The number of anilines is 2. The molecule has 0 aliphatic heterocycles. The van der Waals surface area contributed by atoms with E-state index in [1.54, 1.807) is 6.92 Å². The number of hydrogen-bond acceptors (Lipinski definition) is 7. The minimum Gasteiger partial charge on any atom is -0.325 e. The number of aromatic nitrogens is 4. The van der Waals surface area contributed by atoms with Gasteiger partial charge in [-0.2, -0.15) is 0 Å². The molecule has 2 amide bonds. The topological polar surface area (TPSA) is 102 Å². The van der Waals surface area contributed by atoms with Crippen molar-refractivity contribution in [3.05, 3.63) is 46.7 Å². The van der Waals surface area contributed by atoms with E-state index in [1.807, 2.05) is 55.0 Å². The van der Waals surface area contributed by atoms with Crippen molar-refractivity contribution in [2.45, 2.75) is 51.1 Å². The van der Waals surface area contributed by atoms with Gasteiger partial charge < -0.3 is 15.2 Å². The smallest absolute Gasteiger partial charge is 0.239 e. The molecule has 0 saturated carbocycles. The molecule has 0 unspecified atom stereocenters. The van der Waals surface area contributed by atoms with Gasteiger partial charge in [0.15, 0.2) is 10.3 Å². The number of amides is 2. The second kappa shape index (κ2) is 9.86. The van der Waals surface area contributed by atoms with Crippen molar-refractivity contribution in [2.24, 2.45) is 0 Å². The molecule has 0 fully saturated rings. The number of para-hydroxylation sites is 1. The van der Waals surface area contributed by atoms with Gasteiger partial charge in [0, 0.05) is 17.6 Å². The van der Waals surface area contributed by atoms with Crippen molar-refractivity contribution in [3.63, 3.8) is 0 Å². The first-order valence-corrected chi connectivity index (χ1v) is 11.3.